The van der Waals surface area contributed by atoms with Gasteiger partial charge in [0.05, 0.1) is 0 Å². The predicted octanol–water partition coefficient (Wildman–Crippen LogP) is 2.59. The molecule has 5 heteroatoms. The van der Waals surface area contributed by atoms with Crippen LogP contribution in [-0.2, 0) is 4.79 Å². The van der Waals surface area contributed by atoms with Gasteiger partial charge in [-0.2, -0.15) is 0 Å². The Kier molecular flexibility index (Phi) is 3.28. The number of rotatable bonds is 3. The largest absolute Gasteiger partial charge is 0.336 e. The zero-order valence-corrected chi connectivity index (χ0v) is 12.5. The van der Waals surface area contributed by atoms with Gasteiger partial charge in [0.1, 0.15) is 0 Å². The molecule has 22 heavy (non-hydrogen) atoms. The summed E-state index contributed by atoms with van der Waals surface area (Å²) in [5.41, 5.74) is 1.68. The standard InChI is InChI=1S/C17H21N3O2/c21-16(15-10-11-1-2-12(15)9-11)19-13-3-5-14(6-4-13)20-8-7-18-17(20)22/h3-6,11-12,15H,1-2,7-10H2,(H,18,22)(H,19,21). The van der Waals surface area contributed by atoms with Crippen LogP contribution < -0.4 is 15.5 Å². The number of amides is 3. The lowest BCUT2D eigenvalue weighted by atomic mass is 9.88. The van der Waals surface area contributed by atoms with Gasteiger partial charge in [0, 0.05) is 30.4 Å². The maximum absolute atomic E-state index is 12.4. The van der Waals surface area contributed by atoms with Gasteiger partial charge in [-0.05, 0) is 55.4 Å². The predicted molar refractivity (Wildman–Crippen MR) is 84.8 cm³/mol. The summed E-state index contributed by atoms with van der Waals surface area (Å²) in [4.78, 5) is 25.8. The van der Waals surface area contributed by atoms with Crippen molar-refractivity contribution in [2.75, 3.05) is 23.3 Å². The first kappa shape index (κ1) is 13.6. The lowest BCUT2D eigenvalue weighted by molar-refractivity contribution is -0.121. The first-order chi connectivity index (χ1) is 10.7. The van der Waals surface area contributed by atoms with Crippen LogP contribution >= 0.6 is 0 Å². The molecule has 1 saturated heterocycles. The highest BCUT2D eigenvalue weighted by Gasteiger charge is 2.43. The molecule has 3 fully saturated rings. The quantitative estimate of drug-likeness (QED) is 0.901. The minimum absolute atomic E-state index is 0.0567. The van der Waals surface area contributed by atoms with Gasteiger partial charge < -0.3 is 10.6 Å². The third kappa shape index (κ3) is 2.34. The normalized spacial score (nSPS) is 29.7. The molecule has 2 aliphatic carbocycles. The molecule has 3 aliphatic rings. The van der Waals surface area contributed by atoms with Crippen LogP contribution in [0.4, 0.5) is 16.2 Å². The molecule has 3 unspecified atom stereocenters. The van der Waals surface area contributed by atoms with E-state index in [0.29, 0.717) is 19.0 Å². The third-order valence-electron chi connectivity index (χ3n) is 5.38. The Morgan fingerprint density at radius 2 is 2.00 bits per heavy atom. The highest BCUT2D eigenvalue weighted by Crippen LogP contribution is 2.48. The maximum Gasteiger partial charge on any atom is 0.321 e. The van der Waals surface area contributed by atoms with Crippen molar-refractivity contribution in [3.8, 4) is 0 Å². The number of urea groups is 1. The zero-order valence-electron chi connectivity index (χ0n) is 12.5. The number of carbonyl (C=O) groups is 2. The van der Waals surface area contributed by atoms with E-state index in [-0.39, 0.29) is 17.9 Å². The van der Waals surface area contributed by atoms with E-state index in [1.807, 2.05) is 24.3 Å². The third-order valence-corrected chi connectivity index (χ3v) is 5.38. The summed E-state index contributed by atoms with van der Waals surface area (Å²) in [6.45, 7) is 1.37. The van der Waals surface area contributed by atoms with E-state index in [0.717, 1.165) is 23.7 Å². The molecule has 4 rings (SSSR count). The number of benzene rings is 1. The Labute approximate surface area is 130 Å². The molecule has 1 aliphatic heterocycles. The van der Waals surface area contributed by atoms with Crippen LogP contribution in [0.5, 0.6) is 0 Å². The molecule has 3 amide bonds. The van der Waals surface area contributed by atoms with E-state index in [2.05, 4.69) is 10.6 Å². The molecule has 3 atom stereocenters. The number of anilines is 2. The van der Waals surface area contributed by atoms with Gasteiger partial charge in [0.25, 0.3) is 0 Å². The SMILES string of the molecule is O=C(Nc1ccc(N2CCNC2=O)cc1)C1CC2CCC1C2. The maximum atomic E-state index is 12.4. The summed E-state index contributed by atoms with van der Waals surface area (Å²) >= 11 is 0. The van der Waals surface area contributed by atoms with E-state index in [1.54, 1.807) is 4.90 Å². The molecule has 1 aromatic rings. The number of nitrogens with one attached hydrogen (secondary N) is 2. The van der Waals surface area contributed by atoms with Crippen molar-refractivity contribution in [3.63, 3.8) is 0 Å². The Morgan fingerprint density at radius 1 is 1.18 bits per heavy atom. The number of fused-ring (bicyclic) bond motifs is 2. The summed E-state index contributed by atoms with van der Waals surface area (Å²) in [5, 5.41) is 5.82. The fourth-order valence-corrected chi connectivity index (χ4v) is 4.24. The second-order valence-electron chi connectivity index (χ2n) is 6.70. The smallest absolute Gasteiger partial charge is 0.321 e. The fourth-order valence-electron chi connectivity index (χ4n) is 4.24. The zero-order chi connectivity index (χ0) is 15.1. The van der Waals surface area contributed by atoms with Gasteiger partial charge in [0.15, 0.2) is 0 Å². The van der Waals surface area contributed by atoms with Crippen molar-refractivity contribution in [3.05, 3.63) is 24.3 Å². The summed E-state index contributed by atoms with van der Waals surface area (Å²) in [5.74, 6) is 1.73. The van der Waals surface area contributed by atoms with Crippen molar-refractivity contribution in [1.82, 2.24) is 5.32 Å². The first-order valence-corrected chi connectivity index (χ1v) is 8.17. The minimum Gasteiger partial charge on any atom is -0.336 e. The molecule has 0 radical (unpaired) electrons. The van der Waals surface area contributed by atoms with Crippen molar-refractivity contribution in [2.45, 2.75) is 25.7 Å². The molecule has 5 nitrogen and oxygen atoms in total. The average molecular weight is 299 g/mol. The molecule has 0 aromatic heterocycles. The van der Waals surface area contributed by atoms with E-state index in [1.165, 1.54) is 19.3 Å². The molecular formula is C17H21N3O2. The fraction of sp³-hybridized carbons (Fsp3) is 0.529. The van der Waals surface area contributed by atoms with Crippen molar-refractivity contribution < 1.29 is 9.59 Å². The van der Waals surface area contributed by atoms with Crippen LogP contribution in [0, 0.1) is 17.8 Å². The van der Waals surface area contributed by atoms with Crippen LogP contribution in [0.25, 0.3) is 0 Å². The molecule has 2 N–H and O–H groups in total. The first-order valence-electron chi connectivity index (χ1n) is 8.17. The van der Waals surface area contributed by atoms with Gasteiger partial charge in [-0.15, -0.1) is 0 Å². The van der Waals surface area contributed by atoms with Gasteiger partial charge in [-0.25, -0.2) is 4.79 Å². The van der Waals surface area contributed by atoms with Gasteiger partial charge >= 0.3 is 6.03 Å². The Bertz CT molecular complexity index is 598. The van der Waals surface area contributed by atoms with Crippen molar-refractivity contribution in [1.29, 1.82) is 0 Å². The van der Waals surface area contributed by atoms with E-state index in [4.69, 9.17) is 0 Å². The monoisotopic (exact) mass is 299 g/mol. The summed E-state index contributed by atoms with van der Waals surface area (Å²) < 4.78 is 0. The summed E-state index contributed by atoms with van der Waals surface area (Å²) in [7, 11) is 0. The van der Waals surface area contributed by atoms with E-state index >= 15 is 0 Å². The summed E-state index contributed by atoms with van der Waals surface area (Å²) in [6, 6.07) is 7.49. The summed E-state index contributed by atoms with van der Waals surface area (Å²) in [6.07, 6.45) is 4.82. The Hall–Kier alpha value is -2.04. The van der Waals surface area contributed by atoms with Crippen LogP contribution in [-0.4, -0.2) is 25.0 Å². The molecule has 116 valence electrons. The van der Waals surface area contributed by atoms with Gasteiger partial charge in [-0.1, -0.05) is 6.42 Å². The molecular weight excluding hydrogens is 278 g/mol. The molecule has 1 aromatic carbocycles. The van der Waals surface area contributed by atoms with Crippen LogP contribution in [0.15, 0.2) is 24.3 Å². The number of carbonyl (C=O) groups excluding carboxylic acids is 2. The van der Waals surface area contributed by atoms with Crippen LogP contribution in [0.1, 0.15) is 25.7 Å². The van der Waals surface area contributed by atoms with Crippen LogP contribution in [0.3, 0.4) is 0 Å². The number of hydrogen-bond donors (Lipinski definition) is 2. The highest BCUT2D eigenvalue weighted by atomic mass is 16.2. The topological polar surface area (TPSA) is 61.4 Å². The lowest BCUT2D eigenvalue weighted by Crippen LogP contribution is -2.28. The number of hydrogen-bond acceptors (Lipinski definition) is 2. The Morgan fingerprint density at radius 3 is 2.59 bits per heavy atom. The molecule has 2 saturated carbocycles. The van der Waals surface area contributed by atoms with Gasteiger partial charge in [-0.3, -0.25) is 9.69 Å². The average Bonchev–Trinajstić information content (AvgIpc) is 3.24. The molecule has 0 spiro atoms. The second-order valence-corrected chi connectivity index (χ2v) is 6.70. The van der Waals surface area contributed by atoms with Gasteiger partial charge in [0.2, 0.25) is 5.91 Å². The van der Waals surface area contributed by atoms with E-state index < -0.39 is 0 Å². The second kappa shape index (κ2) is 5.30. The molecule has 2 bridgehead atoms. The van der Waals surface area contributed by atoms with Crippen molar-refractivity contribution >= 4 is 23.3 Å². The van der Waals surface area contributed by atoms with Crippen LogP contribution in [0.2, 0.25) is 0 Å². The number of nitrogens with zero attached hydrogens (tertiary/aromatic N) is 1. The van der Waals surface area contributed by atoms with Crippen molar-refractivity contribution in [2.24, 2.45) is 17.8 Å². The Balaban J connectivity index is 1.41. The minimum atomic E-state index is -0.0567. The lowest BCUT2D eigenvalue weighted by Gasteiger charge is -2.21. The highest BCUT2D eigenvalue weighted by molar-refractivity contribution is 5.95. The molecule has 1 heterocycles. The van der Waals surface area contributed by atoms with E-state index in [9.17, 15) is 9.59 Å².